The van der Waals surface area contributed by atoms with Crippen LogP contribution < -0.4 is 4.74 Å². The van der Waals surface area contributed by atoms with Gasteiger partial charge in [-0.15, -0.1) is 0 Å². The molecule has 0 aromatic heterocycles. The van der Waals surface area contributed by atoms with Gasteiger partial charge >= 0.3 is 0 Å². The third-order valence-corrected chi connectivity index (χ3v) is 2.23. The molecule has 0 unspecified atom stereocenters. The zero-order chi connectivity index (χ0) is 10.6. The fourth-order valence-corrected chi connectivity index (χ4v) is 1.39. The Balaban J connectivity index is 2.77. The molecular weight excluding hydrogens is 179 g/mol. The summed E-state index contributed by atoms with van der Waals surface area (Å²) in [5.74, 6) is 1.22. The maximum Gasteiger partial charge on any atom is 0.123 e. The van der Waals surface area contributed by atoms with Gasteiger partial charge < -0.3 is 4.74 Å². The lowest BCUT2D eigenvalue weighted by Crippen LogP contribution is -1.96. The third kappa shape index (κ3) is 3.02. The number of aryl methyl sites for hydroxylation is 1. The molecular formula is C12H17FO. The van der Waals surface area contributed by atoms with Gasteiger partial charge in [-0.3, -0.25) is 0 Å². The van der Waals surface area contributed by atoms with Gasteiger partial charge in [-0.1, -0.05) is 13.8 Å². The van der Waals surface area contributed by atoms with Crippen LogP contribution in [-0.4, -0.2) is 7.11 Å². The molecule has 0 N–H and O–H groups in total. The first-order valence-corrected chi connectivity index (χ1v) is 4.96. The molecule has 0 atom stereocenters. The summed E-state index contributed by atoms with van der Waals surface area (Å²) in [5.41, 5.74) is 0.959. The first-order valence-electron chi connectivity index (χ1n) is 4.96. The molecule has 0 aliphatic heterocycles. The van der Waals surface area contributed by atoms with Crippen molar-refractivity contribution >= 4 is 0 Å². The van der Waals surface area contributed by atoms with Crippen molar-refractivity contribution in [2.45, 2.75) is 26.7 Å². The second-order valence-corrected chi connectivity index (χ2v) is 3.89. The van der Waals surface area contributed by atoms with Crippen molar-refractivity contribution in [3.63, 3.8) is 0 Å². The van der Waals surface area contributed by atoms with Gasteiger partial charge in [-0.25, -0.2) is 4.39 Å². The highest BCUT2D eigenvalue weighted by atomic mass is 19.1. The van der Waals surface area contributed by atoms with Crippen molar-refractivity contribution in [3.8, 4) is 5.75 Å². The first kappa shape index (κ1) is 11.0. The summed E-state index contributed by atoms with van der Waals surface area (Å²) in [7, 11) is 1.62. The van der Waals surface area contributed by atoms with Gasteiger partial charge in [0, 0.05) is 0 Å². The van der Waals surface area contributed by atoms with E-state index >= 15 is 0 Å². The Bertz CT molecular complexity index is 294. The quantitative estimate of drug-likeness (QED) is 0.717. The highest BCUT2D eigenvalue weighted by molar-refractivity contribution is 5.33. The highest BCUT2D eigenvalue weighted by Gasteiger charge is 2.05. The fourth-order valence-electron chi connectivity index (χ4n) is 1.39. The lowest BCUT2D eigenvalue weighted by atomic mass is 10.0. The van der Waals surface area contributed by atoms with E-state index in [4.69, 9.17) is 4.74 Å². The first-order chi connectivity index (χ1) is 6.63. The Labute approximate surface area is 84.9 Å². The van der Waals surface area contributed by atoms with E-state index in [0.29, 0.717) is 5.92 Å². The van der Waals surface area contributed by atoms with E-state index in [2.05, 4.69) is 13.8 Å². The van der Waals surface area contributed by atoms with Crippen molar-refractivity contribution in [2.75, 3.05) is 7.11 Å². The minimum Gasteiger partial charge on any atom is -0.496 e. The molecule has 1 nitrogen and oxygen atoms in total. The van der Waals surface area contributed by atoms with Crippen LogP contribution in [0.15, 0.2) is 18.2 Å². The second kappa shape index (κ2) is 4.99. The largest absolute Gasteiger partial charge is 0.496 e. The monoisotopic (exact) mass is 196 g/mol. The van der Waals surface area contributed by atoms with Crippen molar-refractivity contribution in [1.82, 2.24) is 0 Å². The smallest absolute Gasteiger partial charge is 0.123 e. The Hall–Kier alpha value is -1.05. The lowest BCUT2D eigenvalue weighted by Gasteiger charge is -2.09. The van der Waals surface area contributed by atoms with Gasteiger partial charge in [0.25, 0.3) is 0 Å². The fraction of sp³-hybridized carbons (Fsp3) is 0.500. The number of methoxy groups -OCH3 is 1. The summed E-state index contributed by atoms with van der Waals surface area (Å²) in [6.45, 7) is 4.32. The minimum absolute atomic E-state index is 0.190. The summed E-state index contributed by atoms with van der Waals surface area (Å²) < 4.78 is 18.1. The van der Waals surface area contributed by atoms with Crippen LogP contribution in [0.4, 0.5) is 4.39 Å². The zero-order valence-electron chi connectivity index (χ0n) is 9.01. The van der Waals surface area contributed by atoms with Gasteiger partial charge in [0.15, 0.2) is 0 Å². The lowest BCUT2D eigenvalue weighted by molar-refractivity contribution is 0.406. The van der Waals surface area contributed by atoms with Gasteiger partial charge in [-0.05, 0) is 42.5 Å². The predicted octanol–water partition coefficient (Wildman–Crippen LogP) is 3.42. The molecule has 0 saturated heterocycles. The third-order valence-electron chi connectivity index (χ3n) is 2.23. The van der Waals surface area contributed by atoms with Crippen LogP contribution in [-0.2, 0) is 6.42 Å². The molecule has 0 aliphatic rings. The Morgan fingerprint density at radius 3 is 2.64 bits per heavy atom. The molecule has 1 rings (SSSR count). The standard InChI is InChI=1S/C12H17FO/c1-9(2)4-5-10-8-11(13)6-7-12(10)14-3/h6-9H,4-5H2,1-3H3. The molecule has 1 aromatic rings. The molecule has 0 fully saturated rings. The van der Waals surface area contributed by atoms with E-state index in [1.807, 2.05) is 0 Å². The maximum atomic E-state index is 13.0. The molecule has 1 aromatic carbocycles. The molecule has 2 heteroatoms. The van der Waals surface area contributed by atoms with E-state index in [-0.39, 0.29) is 5.82 Å². The van der Waals surface area contributed by atoms with Crippen LogP contribution in [0.2, 0.25) is 0 Å². The van der Waals surface area contributed by atoms with Crippen LogP contribution in [0.5, 0.6) is 5.75 Å². The van der Waals surface area contributed by atoms with Crippen LogP contribution in [0, 0.1) is 11.7 Å². The number of ether oxygens (including phenoxy) is 1. The summed E-state index contributed by atoms with van der Waals surface area (Å²) in [6.07, 6.45) is 1.93. The Morgan fingerprint density at radius 2 is 2.07 bits per heavy atom. The molecule has 78 valence electrons. The molecule has 0 spiro atoms. The van der Waals surface area contributed by atoms with Crippen molar-refractivity contribution in [1.29, 1.82) is 0 Å². The van der Waals surface area contributed by atoms with E-state index in [9.17, 15) is 4.39 Å². The number of rotatable bonds is 4. The highest BCUT2D eigenvalue weighted by Crippen LogP contribution is 2.21. The molecule has 14 heavy (non-hydrogen) atoms. The SMILES string of the molecule is COc1ccc(F)cc1CCC(C)C. The topological polar surface area (TPSA) is 9.23 Å². The maximum absolute atomic E-state index is 13.0. The van der Waals surface area contributed by atoms with Crippen LogP contribution in [0.25, 0.3) is 0 Å². The minimum atomic E-state index is -0.190. The summed E-state index contributed by atoms with van der Waals surface area (Å²) in [6, 6.07) is 4.67. The number of halogens is 1. The van der Waals surface area contributed by atoms with E-state index in [1.165, 1.54) is 6.07 Å². The summed E-state index contributed by atoms with van der Waals surface area (Å²) in [4.78, 5) is 0. The molecule has 0 radical (unpaired) electrons. The van der Waals surface area contributed by atoms with Gasteiger partial charge in [0.2, 0.25) is 0 Å². The van der Waals surface area contributed by atoms with Crippen LogP contribution in [0.3, 0.4) is 0 Å². The van der Waals surface area contributed by atoms with E-state index < -0.39 is 0 Å². The average Bonchev–Trinajstić information content (AvgIpc) is 2.15. The zero-order valence-corrected chi connectivity index (χ0v) is 9.01. The molecule has 0 heterocycles. The Kier molecular flexibility index (Phi) is 3.93. The second-order valence-electron chi connectivity index (χ2n) is 3.89. The average molecular weight is 196 g/mol. The van der Waals surface area contributed by atoms with Gasteiger partial charge in [0.05, 0.1) is 7.11 Å². The molecule has 0 amide bonds. The van der Waals surface area contributed by atoms with Crippen LogP contribution >= 0.6 is 0 Å². The summed E-state index contributed by atoms with van der Waals surface area (Å²) in [5, 5.41) is 0. The summed E-state index contributed by atoms with van der Waals surface area (Å²) >= 11 is 0. The Morgan fingerprint density at radius 1 is 1.36 bits per heavy atom. The van der Waals surface area contributed by atoms with E-state index in [1.54, 1.807) is 19.2 Å². The number of hydrogen-bond donors (Lipinski definition) is 0. The van der Waals surface area contributed by atoms with Crippen LogP contribution in [0.1, 0.15) is 25.8 Å². The van der Waals surface area contributed by atoms with Gasteiger partial charge in [-0.2, -0.15) is 0 Å². The number of hydrogen-bond acceptors (Lipinski definition) is 1. The van der Waals surface area contributed by atoms with Crippen molar-refractivity contribution in [2.24, 2.45) is 5.92 Å². The molecule has 0 bridgehead atoms. The number of benzene rings is 1. The van der Waals surface area contributed by atoms with Gasteiger partial charge in [0.1, 0.15) is 11.6 Å². The molecule has 0 saturated carbocycles. The van der Waals surface area contributed by atoms with Crippen molar-refractivity contribution < 1.29 is 9.13 Å². The van der Waals surface area contributed by atoms with E-state index in [0.717, 1.165) is 24.2 Å². The normalized spacial score (nSPS) is 10.6. The van der Waals surface area contributed by atoms with Crippen molar-refractivity contribution in [3.05, 3.63) is 29.6 Å². The predicted molar refractivity (Wildman–Crippen MR) is 56.1 cm³/mol. The molecule has 0 aliphatic carbocycles.